The average Bonchev–Trinajstić information content (AvgIpc) is 2.04. The van der Waals surface area contributed by atoms with Crippen LogP contribution in [0.15, 0.2) is 18.3 Å². The zero-order valence-electron chi connectivity index (χ0n) is 6.96. The molecule has 0 saturated carbocycles. The molecule has 4 heteroatoms. The molecule has 0 aliphatic heterocycles. The van der Waals surface area contributed by atoms with Gasteiger partial charge in [0.25, 0.3) is 6.43 Å². The van der Waals surface area contributed by atoms with Crippen molar-refractivity contribution in [1.82, 2.24) is 4.98 Å². The Morgan fingerprint density at radius 1 is 1.42 bits per heavy atom. The summed E-state index contributed by atoms with van der Waals surface area (Å²) >= 11 is 0. The molecule has 0 radical (unpaired) electrons. The number of hydrogen-bond donors (Lipinski definition) is 0. The van der Waals surface area contributed by atoms with Gasteiger partial charge in [-0.1, -0.05) is 0 Å². The van der Waals surface area contributed by atoms with Crippen LogP contribution < -0.4 is 4.90 Å². The van der Waals surface area contributed by atoms with Gasteiger partial charge in [0.2, 0.25) is 0 Å². The molecule has 0 unspecified atom stereocenters. The van der Waals surface area contributed by atoms with E-state index in [2.05, 4.69) is 4.98 Å². The smallest absolute Gasteiger partial charge is 0.264 e. The van der Waals surface area contributed by atoms with Crippen LogP contribution in [0.4, 0.5) is 14.6 Å². The normalized spacial score (nSPS) is 10.4. The van der Waals surface area contributed by atoms with Gasteiger partial charge in [-0.2, -0.15) is 0 Å². The zero-order valence-corrected chi connectivity index (χ0v) is 6.96. The predicted molar refractivity (Wildman–Crippen MR) is 43.5 cm³/mol. The van der Waals surface area contributed by atoms with Crippen LogP contribution in [0.3, 0.4) is 0 Å². The maximum atomic E-state index is 12.2. The Morgan fingerprint density at radius 3 is 2.58 bits per heavy atom. The lowest BCUT2D eigenvalue weighted by Crippen LogP contribution is -2.10. The van der Waals surface area contributed by atoms with Gasteiger partial charge < -0.3 is 4.90 Å². The summed E-state index contributed by atoms with van der Waals surface area (Å²) in [5.41, 5.74) is 0.00806. The van der Waals surface area contributed by atoms with Crippen molar-refractivity contribution < 1.29 is 8.78 Å². The topological polar surface area (TPSA) is 16.1 Å². The van der Waals surface area contributed by atoms with Gasteiger partial charge in [0.1, 0.15) is 5.82 Å². The summed E-state index contributed by atoms with van der Waals surface area (Å²) < 4.78 is 24.3. The Morgan fingerprint density at radius 2 is 2.08 bits per heavy atom. The number of nitrogens with zero attached hydrogens (tertiary/aromatic N) is 2. The summed E-state index contributed by atoms with van der Waals surface area (Å²) in [4.78, 5) is 5.60. The molecule has 0 aromatic carbocycles. The molecule has 1 aromatic rings. The fraction of sp³-hybridized carbons (Fsp3) is 0.375. The zero-order chi connectivity index (χ0) is 9.14. The highest BCUT2D eigenvalue weighted by atomic mass is 19.3. The van der Waals surface area contributed by atoms with E-state index in [0.717, 1.165) is 0 Å². The number of hydrogen-bond acceptors (Lipinski definition) is 2. The molecule has 0 amide bonds. The molecule has 0 spiro atoms. The van der Waals surface area contributed by atoms with Gasteiger partial charge in [0.05, 0.1) is 0 Å². The third kappa shape index (κ3) is 1.90. The molecule has 0 aliphatic rings. The van der Waals surface area contributed by atoms with E-state index in [1.165, 1.54) is 18.3 Å². The Labute approximate surface area is 69.8 Å². The summed E-state index contributed by atoms with van der Waals surface area (Å²) in [5.74, 6) is 0.549. The molecular formula is C8H10F2N2. The summed E-state index contributed by atoms with van der Waals surface area (Å²) in [6, 6.07) is 2.70. The van der Waals surface area contributed by atoms with Gasteiger partial charge in [-0.15, -0.1) is 0 Å². The van der Waals surface area contributed by atoms with Crippen molar-refractivity contribution in [3.63, 3.8) is 0 Å². The van der Waals surface area contributed by atoms with Crippen molar-refractivity contribution in [1.29, 1.82) is 0 Å². The number of halogens is 2. The van der Waals surface area contributed by atoms with Crippen molar-refractivity contribution >= 4 is 5.82 Å². The fourth-order valence-corrected chi connectivity index (χ4v) is 0.814. The molecule has 0 aliphatic carbocycles. The molecule has 0 bridgehead atoms. The number of anilines is 1. The van der Waals surface area contributed by atoms with Crippen LogP contribution in [0, 0.1) is 0 Å². The largest absolute Gasteiger partial charge is 0.363 e. The van der Waals surface area contributed by atoms with E-state index in [1.54, 1.807) is 19.0 Å². The van der Waals surface area contributed by atoms with E-state index < -0.39 is 6.43 Å². The summed E-state index contributed by atoms with van der Waals surface area (Å²) in [7, 11) is 3.52. The van der Waals surface area contributed by atoms with Gasteiger partial charge in [-0.3, -0.25) is 0 Å². The summed E-state index contributed by atoms with van der Waals surface area (Å²) in [6.07, 6.45) is -1.04. The molecular weight excluding hydrogens is 162 g/mol. The predicted octanol–water partition coefficient (Wildman–Crippen LogP) is 2.09. The van der Waals surface area contributed by atoms with Gasteiger partial charge in [0.15, 0.2) is 0 Å². The van der Waals surface area contributed by atoms with Gasteiger partial charge in [-0.05, 0) is 12.1 Å². The second-order valence-corrected chi connectivity index (χ2v) is 2.64. The first-order chi connectivity index (χ1) is 5.61. The van der Waals surface area contributed by atoms with Crippen molar-refractivity contribution in [2.75, 3.05) is 19.0 Å². The molecule has 1 aromatic heterocycles. The number of aromatic nitrogens is 1. The van der Waals surface area contributed by atoms with Gasteiger partial charge >= 0.3 is 0 Å². The Kier molecular flexibility index (Phi) is 2.58. The maximum absolute atomic E-state index is 12.2. The number of alkyl halides is 2. The van der Waals surface area contributed by atoms with Gasteiger partial charge in [-0.25, -0.2) is 13.8 Å². The minimum absolute atomic E-state index is 0.00806. The van der Waals surface area contributed by atoms with E-state index in [4.69, 9.17) is 0 Å². The molecule has 0 atom stereocenters. The standard InChI is InChI=1S/C8H10F2N2/c1-12(2)7-5-6(8(9)10)3-4-11-7/h3-5,8H,1-2H3. The Bertz CT molecular complexity index is 238. The van der Waals surface area contributed by atoms with E-state index in [1.807, 2.05) is 0 Å². The second kappa shape index (κ2) is 3.47. The Hall–Kier alpha value is -1.19. The van der Waals surface area contributed by atoms with E-state index in [0.29, 0.717) is 5.82 Å². The van der Waals surface area contributed by atoms with Crippen molar-refractivity contribution in [2.24, 2.45) is 0 Å². The lowest BCUT2D eigenvalue weighted by Gasteiger charge is -2.11. The molecule has 1 rings (SSSR count). The highest BCUT2D eigenvalue weighted by molar-refractivity contribution is 5.39. The van der Waals surface area contributed by atoms with Crippen molar-refractivity contribution in [3.05, 3.63) is 23.9 Å². The third-order valence-electron chi connectivity index (χ3n) is 1.48. The number of pyridine rings is 1. The summed E-state index contributed by atoms with van der Waals surface area (Å²) in [6.45, 7) is 0. The molecule has 66 valence electrons. The number of rotatable bonds is 2. The summed E-state index contributed by atoms with van der Waals surface area (Å²) in [5, 5.41) is 0. The monoisotopic (exact) mass is 172 g/mol. The van der Waals surface area contributed by atoms with E-state index in [9.17, 15) is 8.78 Å². The first-order valence-electron chi connectivity index (χ1n) is 3.52. The fourth-order valence-electron chi connectivity index (χ4n) is 0.814. The molecule has 1 heterocycles. The minimum atomic E-state index is -2.42. The van der Waals surface area contributed by atoms with Crippen LogP contribution in [-0.4, -0.2) is 19.1 Å². The van der Waals surface area contributed by atoms with Crippen LogP contribution in [0.5, 0.6) is 0 Å². The molecule has 0 fully saturated rings. The third-order valence-corrected chi connectivity index (χ3v) is 1.48. The molecule has 12 heavy (non-hydrogen) atoms. The molecule has 0 N–H and O–H groups in total. The van der Waals surface area contributed by atoms with E-state index >= 15 is 0 Å². The van der Waals surface area contributed by atoms with Gasteiger partial charge in [0, 0.05) is 25.9 Å². The van der Waals surface area contributed by atoms with Crippen LogP contribution in [-0.2, 0) is 0 Å². The lowest BCUT2D eigenvalue weighted by atomic mass is 10.2. The van der Waals surface area contributed by atoms with Crippen LogP contribution in [0.25, 0.3) is 0 Å². The maximum Gasteiger partial charge on any atom is 0.264 e. The molecule has 0 saturated heterocycles. The SMILES string of the molecule is CN(C)c1cc(C(F)F)ccn1. The second-order valence-electron chi connectivity index (χ2n) is 2.64. The van der Waals surface area contributed by atoms with Crippen LogP contribution >= 0.6 is 0 Å². The minimum Gasteiger partial charge on any atom is -0.363 e. The van der Waals surface area contributed by atoms with Crippen LogP contribution in [0.2, 0.25) is 0 Å². The van der Waals surface area contributed by atoms with Crippen molar-refractivity contribution in [2.45, 2.75) is 6.43 Å². The highest BCUT2D eigenvalue weighted by Gasteiger charge is 2.07. The average molecular weight is 172 g/mol. The molecule has 2 nitrogen and oxygen atoms in total. The van der Waals surface area contributed by atoms with Crippen LogP contribution in [0.1, 0.15) is 12.0 Å². The van der Waals surface area contributed by atoms with Crippen molar-refractivity contribution in [3.8, 4) is 0 Å². The Balaban J connectivity index is 2.96. The van der Waals surface area contributed by atoms with E-state index in [-0.39, 0.29) is 5.56 Å². The first-order valence-corrected chi connectivity index (χ1v) is 3.52. The first kappa shape index (κ1) is 8.90. The quantitative estimate of drug-likeness (QED) is 0.679. The highest BCUT2D eigenvalue weighted by Crippen LogP contribution is 2.20. The lowest BCUT2D eigenvalue weighted by molar-refractivity contribution is 0.151.